The van der Waals surface area contributed by atoms with Crippen molar-refractivity contribution < 1.29 is 14.3 Å². The number of esters is 1. The summed E-state index contributed by atoms with van der Waals surface area (Å²) in [5, 5.41) is 0. The summed E-state index contributed by atoms with van der Waals surface area (Å²) in [5.74, 6) is 1.17. The highest BCUT2D eigenvalue weighted by molar-refractivity contribution is 5.78. The Morgan fingerprint density at radius 2 is 1.77 bits per heavy atom. The van der Waals surface area contributed by atoms with Crippen molar-refractivity contribution in [1.82, 2.24) is 0 Å². The molecule has 2 unspecified atom stereocenters. The number of para-hydroxylation sites is 1. The van der Waals surface area contributed by atoms with Crippen molar-refractivity contribution in [3.63, 3.8) is 0 Å². The maximum atomic E-state index is 12.8. The van der Waals surface area contributed by atoms with Gasteiger partial charge in [0.15, 0.2) is 0 Å². The molecule has 0 radical (unpaired) electrons. The summed E-state index contributed by atoms with van der Waals surface area (Å²) < 4.78 is 11.0. The fourth-order valence-electron chi connectivity index (χ4n) is 3.31. The molecule has 0 aliphatic heterocycles. The molecule has 0 aromatic heterocycles. The van der Waals surface area contributed by atoms with Gasteiger partial charge in [0.25, 0.3) is 0 Å². The second-order valence-corrected chi connectivity index (χ2v) is 6.62. The number of benzene rings is 1. The van der Waals surface area contributed by atoms with Crippen LogP contribution in [0.2, 0.25) is 0 Å². The molecule has 2 atom stereocenters. The minimum atomic E-state index is -0.598. The largest absolute Gasteiger partial charge is 0.496 e. The number of methoxy groups -OCH3 is 1. The molecule has 0 saturated carbocycles. The van der Waals surface area contributed by atoms with E-state index in [1.54, 1.807) is 7.11 Å². The van der Waals surface area contributed by atoms with Crippen LogP contribution >= 0.6 is 0 Å². The van der Waals surface area contributed by atoms with Gasteiger partial charge in [-0.3, -0.25) is 4.79 Å². The monoisotopic (exact) mass is 306 g/mol. The van der Waals surface area contributed by atoms with Gasteiger partial charge in [0.1, 0.15) is 5.75 Å². The molecule has 22 heavy (non-hydrogen) atoms. The van der Waals surface area contributed by atoms with Crippen LogP contribution in [-0.2, 0) is 9.53 Å². The van der Waals surface area contributed by atoms with Gasteiger partial charge in [-0.05, 0) is 37.3 Å². The molecular formula is C19H30O3. The van der Waals surface area contributed by atoms with Crippen LogP contribution in [0.25, 0.3) is 0 Å². The molecule has 3 heteroatoms. The molecule has 0 N–H and O–H groups in total. The van der Waals surface area contributed by atoms with Crippen LogP contribution in [0, 0.1) is 17.3 Å². The van der Waals surface area contributed by atoms with Crippen LogP contribution in [-0.4, -0.2) is 19.7 Å². The Bertz CT molecular complexity index is 493. The second-order valence-electron chi connectivity index (χ2n) is 6.62. The van der Waals surface area contributed by atoms with Crippen LogP contribution in [0.4, 0.5) is 0 Å². The van der Waals surface area contributed by atoms with E-state index in [1.807, 2.05) is 32.0 Å². The predicted octanol–water partition coefficient (Wildman–Crippen LogP) is 4.66. The molecule has 1 aromatic rings. The van der Waals surface area contributed by atoms with Crippen LogP contribution in [0.15, 0.2) is 24.3 Å². The average Bonchev–Trinajstić information content (AvgIpc) is 2.47. The first-order chi connectivity index (χ1) is 10.3. The van der Waals surface area contributed by atoms with Gasteiger partial charge in [-0.25, -0.2) is 0 Å². The summed E-state index contributed by atoms with van der Waals surface area (Å²) in [7, 11) is 1.67. The Balaban J connectivity index is 3.47. The third-order valence-corrected chi connectivity index (χ3v) is 4.70. The second kappa shape index (κ2) is 7.66. The number of hydrogen-bond donors (Lipinski definition) is 0. The fourth-order valence-corrected chi connectivity index (χ4v) is 3.31. The van der Waals surface area contributed by atoms with Crippen molar-refractivity contribution in [3.05, 3.63) is 29.8 Å². The Morgan fingerprint density at radius 3 is 2.23 bits per heavy atom. The zero-order valence-corrected chi connectivity index (χ0v) is 15.0. The van der Waals surface area contributed by atoms with E-state index in [2.05, 4.69) is 33.8 Å². The summed E-state index contributed by atoms with van der Waals surface area (Å²) in [6.45, 7) is 12.7. The Morgan fingerprint density at radius 1 is 1.18 bits per heavy atom. The average molecular weight is 306 g/mol. The van der Waals surface area contributed by atoms with Crippen LogP contribution in [0.5, 0.6) is 5.75 Å². The third-order valence-electron chi connectivity index (χ3n) is 4.70. The summed E-state index contributed by atoms with van der Waals surface area (Å²) in [4.78, 5) is 12.8. The van der Waals surface area contributed by atoms with Crippen molar-refractivity contribution >= 4 is 5.97 Å². The molecule has 0 aliphatic carbocycles. The highest BCUT2D eigenvalue weighted by Gasteiger charge is 2.48. The van der Waals surface area contributed by atoms with E-state index in [4.69, 9.17) is 9.47 Å². The number of ether oxygens (including phenoxy) is 2. The maximum Gasteiger partial charge on any atom is 0.312 e. The van der Waals surface area contributed by atoms with Crippen molar-refractivity contribution in [3.8, 4) is 5.75 Å². The first kappa shape index (κ1) is 18.5. The Labute approximate surface area is 135 Å². The van der Waals surface area contributed by atoms with Gasteiger partial charge in [-0.2, -0.15) is 0 Å². The van der Waals surface area contributed by atoms with Crippen LogP contribution in [0.3, 0.4) is 0 Å². The quantitative estimate of drug-likeness (QED) is 0.687. The number of rotatable bonds is 7. The maximum absolute atomic E-state index is 12.8. The van der Waals surface area contributed by atoms with E-state index in [0.29, 0.717) is 6.61 Å². The van der Waals surface area contributed by atoms with Crippen LogP contribution in [0.1, 0.15) is 53.0 Å². The van der Waals surface area contributed by atoms with E-state index in [-0.39, 0.29) is 23.7 Å². The van der Waals surface area contributed by atoms with Gasteiger partial charge in [0.05, 0.1) is 19.1 Å². The number of carbonyl (C=O) groups excluding carboxylic acids is 1. The van der Waals surface area contributed by atoms with Gasteiger partial charge in [0.2, 0.25) is 0 Å². The standard InChI is InChI=1S/C19H30O3/c1-8-22-18(20)19(6,14(4)5)17(13(2)3)15-11-9-10-12-16(15)21-7/h9-14,17H,8H2,1-7H3. The van der Waals surface area contributed by atoms with Crippen molar-refractivity contribution in [2.45, 2.75) is 47.5 Å². The molecule has 0 fully saturated rings. The van der Waals surface area contributed by atoms with E-state index < -0.39 is 5.41 Å². The molecule has 124 valence electrons. The number of carbonyl (C=O) groups is 1. The lowest BCUT2D eigenvalue weighted by Crippen LogP contribution is -2.42. The third kappa shape index (κ3) is 3.45. The zero-order chi connectivity index (χ0) is 16.9. The van der Waals surface area contributed by atoms with E-state index in [9.17, 15) is 4.79 Å². The fraction of sp³-hybridized carbons (Fsp3) is 0.632. The van der Waals surface area contributed by atoms with Crippen LogP contribution < -0.4 is 4.74 Å². The molecule has 0 bridgehead atoms. The minimum Gasteiger partial charge on any atom is -0.496 e. The van der Waals surface area contributed by atoms with Crippen molar-refractivity contribution in [2.24, 2.45) is 17.3 Å². The molecule has 0 heterocycles. The highest BCUT2D eigenvalue weighted by Crippen LogP contribution is 2.49. The molecule has 1 aromatic carbocycles. The minimum absolute atomic E-state index is 0.0303. The van der Waals surface area contributed by atoms with Crippen molar-refractivity contribution in [2.75, 3.05) is 13.7 Å². The molecule has 0 saturated heterocycles. The first-order valence-corrected chi connectivity index (χ1v) is 8.10. The van der Waals surface area contributed by atoms with E-state index in [1.165, 1.54) is 0 Å². The lowest BCUT2D eigenvalue weighted by molar-refractivity contribution is -0.160. The lowest BCUT2D eigenvalue weighted by Gasteiger charge is -2.41. The van der Waals surface area contributed by atoms with Gasteiger partial charge in [0, 0.05) is 5.92 Å². The summed E-state index contributed by atoms with van der Waals surface area (Å²) in [6, 6.07) is 7.97. The topological polar surface area (TPSA) is 35.5 Å². The summed E-state index contributed by atoms with van der Waals surface area (Å²) >= 11 is 0. The summed E-state index contributed by atoms with van der Waals surface area (Å²) in [5.41, 5.74) is 0.475. The normalized spacial score (nSPS) is 15.5. The summed E-state index contributed by atoms with van der Waals surface area (Å²) in [6.07, 6.45) is 0. The smallest absolute Gasteiger partial charge is 0.312 e. The Kier molecular flexibility index (Phi) is 6.46. The Hall–Kier alpha value is -1.51. The zero-order valence-electron chi connectivity index (χ0n) is 15.0. The van der Waals surface area contributed by atoms with Gasteiger partial charge < -0.3 is 9.47 Å². The number of hydrogen-bond acceptors (Lipinski definition) is 3. The molecule has 0 spiro atoms. The van der Waals surface area contributed by atoms with Gasteiger partial charge in [-0.15, -0.1) is 0 Å². The predicted molar refractivity (Wildman–Crippen MR) is 90.2 cm³/mol. The molecule has 0 aliphatic rings. The first-order valence-electron chi connectivity index (χ1n) is 8.10. The van der Waals surface area contributed by atoms with Gasteiger partial charge >= 0.3 is 5.97 Å². The SMILES string of the molecule is CCOC(=O)C(C)(C(C)C)C(c1ccccc1OC)C(C)C. The molecule has 0 amide bonds. The lowest BCUT2D eigenvalue weighted by atomic mass is 9.62. The van der Waals surface area contributed by atoms with E-state index >= 15 is 0 Å². The molecule has 3 nitrogen and oxygen atoms in total. The highest BCUT2D eigenvalue weighted by atomic mass is 16.5. The van der Waals surface area contributed by atoms with Gasteiger partial charge in [-0.1, -0.05) is 45.9 Å². The molecule has 1 rings (SSSR count). The van der Waals surface area contributed by atoms with E-state index in [0.717, 1.165) is 11.3 Å². The molecular weight excluding hydrogens is 276 g/mol. The van der Waals surface area contributed by atoms with Crippen molar-refractivity contribution in [1.29, 1.82) is 0 Å².